The molecule has 0 bridgehead atoms. The molecule has 3 saturated carbocycles. The van der Waals surface area contributed by atoms with E-state index >= 15 is 0 Å². The molecular formula is C23H42SSn. The second-order valence-corrected chi connectivity index (χ2v) is 27.1. The van der Waals surface area contributed by atoms with E-state index in [9.17, 15) is 0 Å². The van der Waals surface area contributed by atoms with Crippen LogP contribution in [0, 0.1) is 0 Å². The Morgan fingerprint density at radius 3 is 1.20 bits per heavy atom. The number of hydrogen-bond donors (Lipinski definition) is 0. The molecule has 2 heteroatoms. The molecule has 0 amide bonds. The second-order valence-electron chi connectivity index (χ2n) is 9.86. The van der Waals surface area contributed by atoms with Crippen LogP contribution >= 0.6 is 11.8 Å². The van der Waals surface area contributed by atoms with Crippen molar-refractivity contribution in [1.29, 1.82) is 0 Å². The molecule has 1 unspecified atom stereocenters. The van der Waals surface area contributed by atoms with E-state index < -0.39 is 18.4 Å². The van der Waals surface area contributed by atoms with Gasteiger partial charge < -0.3 is 0 Å². The van der Waals surface area contributed by atoms with Crippen LogP contribution in [0.2, 0.25) is 11.8 Å². The first-order valence-electron chi connectivity index (χ1n) is 12.0. The SMILES string of the molecule is C1CC[CH]([Sn]([CH]2CCCCC2)([CH]2CCCCC2)[CH]2CCCCS2)CC1. The van der Waals surface area contributed by atoms with Gasteiger partial charge in [0.1, 0.15) is 0 Å². The first-order chi connectivity index (χ1) is 12.4. The van der Waals surface area contributed by atoms with Gasteiger partial charge in [-0.3, -0.25) is 0 Å². The minimum atomic E-state index is -2.24. The van der Waals surface area contributed by atoms with Gasteiger partial charge in [0.15, 0.2) is 0 Å². The van der Waals surface area contributed by atoms with Crippen LogP contribution in [0.4, 0.5) is 0 Å². The molecule has 0 nitrogen and oxygen atoms in total. The summed E-state index contributed by atoms with van der Waals surface area (Å²) in [4.78, 5) is 0. The van der Waals surface area contributed by atoms with Crippen molar-refractivity contribution in [3.63, 3.8) is 0 Å². The van der Waals surface area contributed by atoms with Crippen LogP contribution in [0.1, 0.15) is 116 Å². The van der Waals surface area contributed by atoms with Crippen molar-refractivity contribution < 1.29 is 0 Å². The molecule has 1 aliphatic heterocycles. The quantitative estimate of drug-likeness (QED) is 0.374. The van der Waals surface area contributed by atoms with Gasteiger partial charge in [0.05, 0.1) is 0 Å². The molecule has 4 fully saturated rings. The van der Waals surface area contributed by atoms with Crippen LogP contribution in [-0.2, 0) is 0 Å². The summed E-state index contributed by atoms with van der Waals surface area (Å²) in [6.07, 6.45) is 29.1. The van der Waals surface area contributed by atoms with Crippen LogP contribution in [0.3, 0.4) is 0 Å². The Bertz CT molecular complexity index is 307. The van der Waals surface area contributed by atoms with Gasteiger partial charge in [-0.1, -0.05) is 0 Å². The van der Waals surface area contributed by atoms with E-state index in [1.54, 1.807) is 109 Å². The average Bonchev–Trinajstić information content (AvgIpc) is 2.72. The van der Waals surface area contributed by atoms with Crippen molar-refractivity contribution in [3.8, 4) is 0 Å². The van der Waals surface area contributed by atoms with Gasteiger partial charge in [0.2, 0.25) is 0 Å². The summed E-state index contributed by atoms with van der Waals surface area (Å²) in [6.45, 7) is 0. The van der Waals surface area contributed by atoms with E-state index in [0.717, 1.165) is 0 Å². The zero-order chi connectivity index (χ0) is 17.0. The first kappa shape index (κ1) is 19.5. The zero-order valence-corrected chi connectivity index (χ0v) is 20.3. The van der Waals surface area contributed by atoms with Crippen molar-refractivity contribution in [1.82, 2.24) is 0 Å². The van der Waals surface area contributed by atoms with Crippen LogP contribution in [0.15, 0.2) is 0 Å². The van der Waals surface area contributed by atoms with Crippen LogP contribution in [0.5, 0.6) is 0 Å². The molecule has 3 aliphatic carbocycles. The van der Waals surface area contributed by atoms with Gasteiger partial charge in [-0.25, -0.2) is 0 Å². The molecule has 1 atom stereocenters. The predicted molar refractivity (Wildman–Crippen MR) is 116 cm³/mol. The molecule has 0 aromatic heterocycles. The molecule has 0 aromatic rings. The second kappa shape index (κ2) is 9.57. The van der Waals surface area contributed by atoms with Crippen LogP contribution in [0.25, 0.3) is 0 Å². The third-order valence-electron chi connectivity index (χ3n) is 8.67. The first-order valence-corrected chi connectivity index (χ1v) is 19.7. The van der Waals surface area contributed by atoms with Crippen molar-refractivity contribution in [2.45, 2.75) is 131 Å². The van der Waals surface area contributed by atoms with Gasteiger partial charge in [-0.05, 0) is 0 Å². The predicted octanol–water partition coefficient (Wildman–Crippen LogP) is 8.26. The Morgan fingerprint density at radius 2 is 0.840 bits per heavy atom. The third kappa shape index (κ3) is 4.13. The molecule has 25 heavy (non-hydrogen) atoms. The molecule has 1 saturated heterocycles. The molecule has 0 N–H and O–H groups in total. The Hall–Kier alpha value is 1.15. The van der Waals surface area contributed by atoms with E-state index in [1.165, 1.54) is 27.2 Å². The van der Waals surface area contributed by atoms with Gasteiger partial charge in [0, 0.05) is 0 Å². The van der Waals surface area contributed by atoms with Gasteiger partial charge in [0.25, 0.3) is 0 Å². The number of rotatable bonds is 4. The molecule has 4 rings (SSSR count). The average molecular weight is 469 g/mol. The van der Waals surface area contributed by atoms with Crippen molar-refractivity contribution >= 4 is 30.1 Å². The normalized spacial score (nSPS) is 31.9. The molecule has 4 aliphatic rings. The fourth-order valence-electron chi connectivity index (χ4n) is 7.73. The zero-order valence-electron chi connectivity index (χ0n) is 16.7. The van der Waals surface area contributed by atoms with E-state index in [0.29, 0.717) is 0 Å². The van der Waals surface area contributed by atoms with Gasteiger partial charge in [-0.2, -0.15) is 0 Å². The van der Waals surface area contributed by atoms with E-state index in [2.05, 4.69) is 11.8 Å². The topological polar surface area (TPSA) is 0 Å². The van der Waals surface area contributed by atoms with Crippen molar-refractivity contribution in [2.24, 2.45) is 0 Å². The molecule has 0 aromatic carbocycles. The van der Waals surface area contributed by atoms with Crippen molar-refractivity contribution in [2.75, 3.05) is 5.75 Å². The summed E-state index contributed by atoms with van der Waals surface area (Å²) in [5.41, 5.74) is 0. The summed E-state index contributed by atoms with van der Waals surface area (Å²) < 4.78 is 5.12. The fraction of sp³-hybridized carbons (Fsp3) is 1.00. The summed E-state index contributed by atoms with van der Waals surface area (Å²) in [6, 6.07) is 0. The van der Waals surface area contributed by atoms with Gasteiger partial charge >= 0.3 is 167 Å². The molecule has 0 spiro atoms. The Morgan fingerprint density at radius 1 is 0.440 bits per heavy atom. The Kier molecular flexibility index (Phi) is 7.45. The van der Waals surface area contributed by atoms with E-state index in [4.69, 9.17) is 0 Å². The van der Waals surface area contributed by atoms with E-state index in [-0.39, 0.29) is 0 Å². The fourth-order valence-corrected chi connectivity index (χ4v) is 40.6. The van der Waals surface area contributed by atoms with Crippen LogP contribution in [-0.4, -0.2) is 27.4 Å². The molecule has 0 radical (unpaired) electrons. The minimum absolute atomic E-state index is 1.23. The molecule has 144 valence electrons. The van der Waals surface area contributed by atoms with Crippen LogP contribution < -0.4 is 0 Å². The summed E-state index contributed by atoms with van der Waals surface area (Å²) in [5.74, 6) is 1.52. The summed E-state index contributed by atoms with van der Waals surface area (Å²) in [7, 11) is 0. The molecule has 1 heterocycles. The third-order valence-corrected chi connectivity index (χ3v) is 35.1. The maximum atomic E-state index is 2.54. The number of hydrogen-bond acceptors (Lipinski definition) is 1. The maximum absolute atomic E-state index is 2.54. The Labute approximate surface area is 165 Å². The number of thioether (sulfide) groups is 1. The summed E-state index contributed by atoms with van der Waals surface area (Å²) >= 11 is 0.306. The van der Waals surface area contributed by atoms with Crippen molar-refractivity contribution in [3.05, 3.63) is 0 Å². The molecular weight excluding hydrogens is 427 g/mol. The Balaban J connectivity index is 1.70. The standard InChI is InChI=1S/3C6H11.C5H9S.Sn/c4*1-2-4-6-5-3-1;/h3*1H,2-6H2;4H,1-3,5H2;. The summed E-state index contributed by atoms with van der Waals surface area (Å²) in [5, 5.41) is 0. The van der Waals surface area contributed by atoms with E-state index in [1.807, 2.05) is 0 Å². The monoisotopic (exact) mass is 470 g/mol. The van der Waals surface area contributed by atoms with Gasteiger partial charge in [-0.15, -0.1) is 0 Å².